The number of likely N-dealkylation sites (tertiary alicyclic amines) is 1. The van der Waals surface area contributed by atoms with Crippen LogP contribution in [0.5, 0.6) is 0 Å². The van der Waals surface area contributed by atoms with Crippen LogP contribution in [0.4, 0.5) is 0 Å². The van der Waals surface area contributed by atoms with Crippen molar-refractivity contribution in [3.05, 3.63) is 41.6 Å². The maximum atomic E-state index is 12.6. The Balaban J connectivity index is 1.51. The van der Waals surface area contributed by atoms with Crippen molar-refractivity contribution in [2.75, 3.05) is 13.1 Å². The largest absolute Gasteiger partial charge is 0.456 e. The zero-order chi connectivity index (χ0) is 17.6. The van der Waals surface area contributed by atoms with Crippen LogP contribution in [0.3, 0.4) is 0 Å². The molecular weight excluding hydrogens is 320 g/mol. The Morgan fingerprint density at radius 2 is 2.12 bits per heavy atom. The second-order valence-corrected chi connectivity index (χ2v) is 7.11. The van der Waals surface area contributed by atoms with Crippen LogP contribution in [0.25, 0.3) is 0 Å². The number of hydrogen-bond donors (Lipinski definition) is 1. The first-order chi connectivity index (χ1) is 12.0. The quantitative estimate of drug-likeness (QED) is 0.899. The molecule has 0 saturated carbocycles. The Morgan fingerprint density at radius 1 is 1.36 bits per heavy atom. The maximum absolute atomic E-state index is 12.6. The van der Waals surface area contributed by atoms with Crippen molar-refractivity contribution >= 4 is 11.8 Å². The van der Waals surface area contributed by atoms with Gasteiger partial charge in [0.25, 0.3) is 5.91 Å². The van der Waals surface area contributed by atoms with Crippen molar-refractivity contribution in [3.8, 4) is 0 Å². The lowest BCUT2D eigenvalue weighted by Gasteiger charge is -2.42. The summed E-state index contributed by atoms with van der Waals surface area (Å²) in [4.78, 5) is 26.5. The molecule has 1 atom stereocenters. The Labute approximate surface area is 146 Å². The van der Waals surface area contributed by atoms with E-state index in [4.69, 9.17) is 4.42 Å². The standard InChI is InChI=1S/C18H22N4O3/c1-12-3-4-15(25-12)17(24)22-7-5-18(6-8-22)14(9-16(23)20-18)13-10-19-21(2)11-13/h3-4,10-11,14H,5-9H2,1-2H3,(H,20,23)/t14-/m0/s1. The highest BCUT2D eigenvalue weighted by Crippen LogP contribution is 2.43. The van der Waals surface area contributed by atoms with Crippen molar-refractivity contribution in [2.24, 2.45) is 7.05 Å². The Hall–Kier alpha value is -2.57. The number of aromatic nitrogens is 2. The van der Waals surface area contributed by atoms with Gasteiger partial charge < -0.3 is 14.6 Å². The minimum Gasteiger partial charge on any atom is -0.456 e. The van der Waals surface area contributed by atoms with Gasteiger partial charge >= 0.3 is 0 Å². The summed E-state index contributed by atoms with van der Waals surface area (Å²) in [6, 6.07) is 3.52. The van der Waals surface area contributed by atoms with Gasteiger partial charge in [-0.1, -0.05) is 0 Å². The highest BCUT2D eigenvalue weighted by atomic mass is 16.3. The maximum Gasteiger partial charge on any atom is 0.289 e. The minimum atomic E-state index is -0.282. The van der Waals surface area contributed by atoms with Gasteiger partial charge in [-0.15, -0.1) is 0 Å². The molecule has 2 aromatic heterocycles. The van der Waals surface area contributed by atoms with Crippen molar-refractivity contribution < 1.29 is 14.0 Å². The summed E-state index contributed by atoms with van der Waals surface area (Å²) in [6.45, 7) is 3.04. The molecule has 2 aromatic rings. The van der Waals surface area contributed by atoms with Gasteiger partial charge in [0, 0.05) is 38.7 Å². The van der Waals surface area contributed by atoms with Gasteiger partial charge in [0.1, 0.15) is 5.76 Å². The van der Waals surface area contributed by atoms with E-state index in [1.54, 1.807) is 16.8 Å². The van der Waals surface area contributed by atoms with E-state index in [2.05, 4.69) is 10.4 Å². The second-order valence-electron chi connectivity index (χ2n) is 7.11. The van der Waals surface area contributed by atoms with Gasteiger partial charge in [0.15, 0.2) is 5.76 Å². The Bertz CT molecular complexity index is 814. The van der Waals surface area contributed by atoms with Crippen LogP contribution in [-0.2, 0) is 11.8 Å². The molecule has 7 heteroatoms. The lowest BCUT2D eigenvalue weighted by Crippen LogP contribution is -2.54. The zero-order valence-electron chi connectivity index (χ0n) is 14.5. The molecule has 2 aliphatic rings. The summed E-state index contributed by atoms with van der Waals surface area (Å²) in [6.07, 6.45) is 5.79. The molecule has 7 nitrogen and oxygen atoms in total. The number of hydrogen-bond acceptors (Lipinski definition) is 4. The van der Waals surface area contributed by atoms with E-state index in [0.29, 0.717) is 25.3 Å². The molecule has 2 amide bonds. The molecule has 1 N–H and O–H groups in total. The van der Waals surface area contributed by atoms with E-state index < -0.39 is 0 Å². The van der Waals surface area contributed by atoms with Crippen molar-refractivity contribution in [1.29, 1.82) is 0 Å². The number of furan rings is 1. The minimum absolute atomic E-state index is 0.0785. The summed E-state index contributed by atoms with van der Waals surface area (Å²) >= 11 is 0. The van der Waals surface area contributed by atoms with Crippen molar-refractivity contribution in [2.45, 2.75) is 37.6 Å². The molecule has 0 aromatic carbocycles. The van der Waals surface area contributed by atoms with Crippen LogP contribution < -0.4 is 5.32 Å². The van der Waals surface area contributed by atoms with E-state index >= 15 is 0 Å². The predicted molar refractivity (Wildman–Crippen MR) is 90.0 cm³/mol. The van der Waals surface area contributed by atoms with Crippen LogP contribution in [0.2, 0.25) is 0 Å². The normalized spacial score (nSPS) is 22.4. The molecule has 2 aliphatic heterocycles. The number of carbonyl (C=O) groups is 2. The van der Waals surface area contributed by atoms with Crippen LogP contribution in [0.1, 0.15) is 47.1 Å². The lowest BCUT2D eigenvalue weighted by atomic mass is 9.75. The first-order valence-corrected chi connectivity index (χ1v) is 8.62. The highest BCUT2D eigenvalue weighted by Gasteiger charge is 2.49. The smallest absolute Gasteiger partial charge is 0.289 e. The highest BCUT2D eigenvalue weighted by molar-refractivity contribution is 5.91. The zero-order valence-corrected chi connectivity index (χ0v) is 14.5. The number of rotatable bonds is 2. The van der Waals surface area contributed by atoms with Crippen LogP contribution in [-0.4, -0.2) is 45.1 Å². The molecule has 0 unspecified atom stereocenters. The van der Waals surface area contributed by atoms with Gasteiger partial charge in [-0.2, -0.15) is 5.10 Å². The summed E-state index contributed by atoms with van der Waals surface area (Å²) in [5.41, 5.74) is 0.804. The number of amides is 2. The average Bonchev–Trinajstić information content (AvgIpc) is 3.27. The van der Waals surface area contributed by atoms with Gasteiger partial charge in [0.2, 0.25) is 5.91 Å². The molecular formula is C18H22N4O3. The Kier molecular flexibility index (Phi) is 3.67. The number of piperidine rings is 1. The first kappa shape index (κ1) is 15.9. The number of nitrogens with zero attached hydrogens (tertiary/aromatic N) is 3. The first-order valence-electron chi connectivity index (χ1n) is 8.62. The molecule has 0 radical (unpaired) electrons. The van der Waals surface area contributed by atoms with Gasteiger partial charge in [-0.05, 0) is 37.5 Å². The van der Waals surface area contributed by atoms with E-state index in [-0.39, 0.29) is 23.3 Å². The summed E-state index contributed by atoms with van der Waals surface area (Å²) in [7, 11) is 1.88. The number of carbonyl (C=O) groups excluding carboxylic acids is 2. The van der Waals surface area contributed by atoms with E-state index in [0.717, 1.165) is 24.2 Å². The predicted octanol–water partition coefficient (Wildman–Crippen LogP) is 1.60. The third-order valence-electron chi connectivity index (χ3n) is 5.47. The third-order valence-corrected chi connectivity index (χ3v) is 5.47. The fourth-order valence-corrected chi connectivity index (χ4v) is 4.14. The Morgan fingerprint density at radius 3 is 2.72 bits per heavy atom. The molecule has 25 heavy (non-hydrogen) atoms. The van der Waals surface area contributed by atoms with Crippen molar-refractivity contribution in [1.82, 2.24) is 20.0 Å². The molecule has 4 heterocycles. The number of aryl methyl sites for hydroxylation is 2. The summed E-state index contributed by atoms with van der Waals surface area (Å²) < 4.78 is 7.22. The van der Waals surface area contributed by atoms with Crippen molar-refractivity contribution in [3.63, 3.8) is 0 Å². The van der Waals surface area contributed by atoms with Crippen LogP contribution in [0, 0.1) is 6.92 Å². The third kappa shape index (κ3) is 2.73. The monoisotopic (exact) mass is 342 g/mol. The van der Waals surface area contributed by atoms with Gasteiger partial charge in [0.05, 0.1) is 11.7 Å². The molecule has 132 valence electrons. The molecule has 0 aliphatic carbocycles. The fraction of sp³-hybridized carbons (Fsp3) is 0.500. The molecule has 2 fully saturated rings. The van der Waals surface area contributed by atoms with Crippen LogP contribution >= 0.6 is 0 Å². The molecule has 2 saturated heterocycles. The van der Waals surface area contributed by atoms with E-state index in [1.807, 2.05) is 31.3 Å². The summed E-state index contributed by atoms with van der Waals surface area (Å²) in [5.74, 6) is 1.22. The van der Waals surface area contributed by atoms with E-state index in [1.165, 1.54) is 0 Å². The second kappa shape index (κ2) is 5.75. The lowest BCUT2D eigenvalue weighted by molar-refractivity contribution is -0.120. The molecule has 1 spiro atoms. The average molecular weight is 342 g/mol. The topological polar surface area (TPSA) is 80.4 Å². The van der Waals surface area contributed by atoms with Crippen LogP contribution in [0.15, 0.2) is 28.9 Å². The molecule has 0 bridgehead atoms. The molecule has 4 rings (SSSR count). The van der Waals surface area contributed by atoms with Gasteiger partial charge in [-0.3, -0.25) is 14.3 Å². The van der Waals surface area contributed by atoms with E-state index in [9.17, 15) is 9.59 Å². The summed E-state index contributed by atoms with van der Waals surface area (Å²) in [5, 5.41) is 7.44. The SMILES string of the molecule is Cc1ccc(C(=O)N2CCC3(CC2)NC(=O)C[C@H]3c2cnn(C)c2)o1. The van der Waals surface area contributed by atoms with Gasteiger partial charge in [-0.25, -0.2) is 0 Å². The number of nitrogens with one attached hydrogen (secondary N) is 1. The fourth-order valence-electron chi connectivity index (χ4n) is 4.14.